The van der Waals surface area contributed by atoms with Crippen molar-refractivity contribution in [3.8, 4) is 0 Å². The molecule has 0 heterocycles. The molecular weight excluding hydrogens is 194 g/mol. The van der Waals surface area contributed by atoms with Crippen LogP contribution < -0.4 is 5.48 Å². The van der Waals surface area contributed by atoms with Gasteiger partial charge in [0, 0.05) is 6.04 Å². The quantitative estimate of drug-likeness (QED) is 0.548. The lowest BCUT2D eigenvalue weighted by molar-refractivity contribution is -0.150. The van der Waals surface area contributed by atoms with Gasteiger partial charge in [-0.25, -0.2) is 5.48 Å². The monoisotopic (exact) mass is 213 g/mol. The number of esters is 1. The van der Waals surface area contributed by atoms with E-state index in [-0.39, 0.29) is 17.9 Å². The van der Waals surface area contributed by atoms with Gasteiger partial charge in [0.1, 0.15) is 0 Å². The first-order valence-electron chi connectivity index (χ1n) is 5.82. The zero-order chi connectivity index (χ0) is 10.8. The Morgan fingerprint density at radius 3 is 2.47 bits per heavy atom. The van der Waals surface area contributed by atoms with Gasteiger partial charge in [-0.2, -0.15) is 0 Å². The smallest absolute Gasteiger partial charge is 0.308 e. The summed E-state index contributed by atoms with van der Waals surface area (Å²) >= 11 is 0. The largest absolute Gasteiger partial charge is 0.466 e. The third kappa shape index (κ3) is 2.01. The van der Waals surface area contributed by atoms with E-state index in [0.29, 0.717) is 18.4 Å². The second-order valence-electron chi connectivity index (χ2n) is 4.67. The van der Waals surface area contributed by atoms with Crippen LogP contribution in [-0.4, -0.2) is 23.8 Å². The molecule has 0 spiro atoms. The van der Waals surface area contributed by atoms with Gasteiger partial charge < -0.3 is 9.94 Å². The number of rotatable bonds is 3. The number of hydrogen-bond donors (Lipinski definition) is 2. The molecule has 2 N–H and O–H groups in total. The fourth-order valence-corrected chi connectivity index (χ4v) is 3.19. The van der Waals surface area contributed by atoms with Crippen molar-refractivity contribution in [1.29, 1.82) is 0 Å². The van der Waals surface area contributed by atoms with Gasteiger partial charge >= 0.3 is 5.97 Å². The maximum atomic E-state index is 11.6. The Hall–Kier alpha value is -0.610. The molecule has 4 heteroatoms. The maximum absolute atomic E-state index is 11.6. The summed E-state index contributed by atoms with van der Waals surface area (Å²) in [7, 11) is 0. The highest BCUT2D eigenvalue weighted by atomic mass is 16.5. The first-order valence-corrected chi connectivity index (χ1v) is 5.82. The first kappa shape index (κ1) is 10.9. The lowest BCUT2D eigenvalue weighted by Crippen LogP contribution is -2.42. The van der Waals surface area contributed by atoms with Gasteiger partial charge in [-0.15, -0.1) is 0 Å². The number of carbonyl (C=O) groups excluding carboxylic acids is 1. The van der Waals surface area contributed by atoms with Crippen LogP contribution >= 0.6 is 0 Å². The molecule has 0 radical (unpaired) electrons. The van der Waals surface area contributed by atoms with Crippen molar-refractivity contribution in [2.75, 3.05) is 6.61 Å². The Bertz CT molecular complexity index is 230. The van der Waals surface area contributed by atoms with E-state index in [9.17, 15) is 4.79 Å². The zero-order valence-corrected chi connectivity index (χ0v) is 9.11. The maximum Gasteiger partial charge on any atom is 0.308 e. The summed E-state index contributed by atoms with van der Waals surface area (Å²) in [6, 6.07) is 0.204. The third-order valence-electron chi connectivity index (χ3n) is 3.87. The van der Waals surface area contributed by atoms with Crippen molar-refractivity contribution < 1.29 is 14.7 Å². The molecule has 2 saturated carbocycles. The molecule has 2 fully saturated rings. The van der Waals surface area contributed by atoms with E-state index < -0.39 is 0 Å². The van der Waals surface area contributed by atoms with Gasteiger partial charge in [0.15, 0.2) is 0 Å². The zero-order valence-electron chi connectivity index (χ0n) is 9.11. The molecule has 2 unspecified atom stereocenters. The number of hydroxylamine groups is 1. The van der Waals surface area contributed by atoms with Crippen molar-refractivity contribution in [3.05, 3.63) is 0 Å². The lowest BCUT2D eigenvalue weighted by Gasteiger charge is -2.33. The normalized spacial score (nSPS) is 39.1. The SMILES string of the molecule is CCOC(=O)C1CC2CCC(C1)C2NO. The van der Waals surface area contributed by atoms with E-state index in [1.165, 1.54) is 0 Å². The number of ether oxygens (including phenoxy) is 1. The second kappa shape index (κ2) is 4.49. The molecular formula is C11H19NO3. The average Bonchev–Trinajstić information content (AvgIpc) is 2.47. The van der Waals surface area contributed by atoms with Crippen LogP contribution in [0.3, 0.4) is 0 Å². The van der Waals surface area contributed by atoms with Gasteiger partial charge in [0.25, 0.3) is 0 Å². The number of nitrogens with one attached hydrogen (secondary N) is 1. The van der Waals surface area contributed by atoms with Crippen LogP contribution in [0.5, 0.6) is 0 Å². The molecule has 0 saturated heterocycles. The number of carbonyl (C=O) groups is 1. The minimum atomic E-state index is -0.0502. The molecule has 2 aliphatic rings. The Morgan fingerprint density at radius 2 is 2.00 bits per heavy atom. The predicted octanol–water partition coefficient (Wildman–Crippen LogP) is 1.33. The summed E-state index contributed by atoms with van der Waals surface area (Å²) < 4.78 is 5.05. The standard InChI is InChI=1S/C11H19NO3/c1-2-15-11(13)9-5-7-3-4-8(6-9)10(7)12-14/h7-10,12,14H,2-6H2,1H3. The summed E-state index contributed by atoms with van der Waals surface area (Å²) in [6.07, 6.45) is 3.98. The number of hydrogen-bond acceptors (Lipinski definition) is 4. The summed E-state index contributed by atoms with van der Waals surface area (Å²) in [4.78, 5) is 11.6. The van der Waals surface area contributed by atoms with Crippen LogP contribution in [0.15, 0.2) is 0 Å². The molecule has 86 valence electrons. The highest BCUT2D eigenvalue weighted by Gasteiger charge is 2.44. The highest BCUT2D eigenvalue weighted by Crippen LogP contribution is 2.45. The number of fused-ring (bicyclic) bond motifs is 2. The van der Waals surface area contributed by atoms with Gasteiger partial charge in [-0.1, -0.05) is 0 Å². The van der Waals surface area contributed by atoms with Gasteiger partial charge in [-0.3, -0.25) is 4.79 Å². The Kier molecular flexibility index (Phi) is 3.26. The third-order valence-corrected chi connectivity index (χ3v) is 3.87. The van der Waals surface area contributed by atoms with Crippen molar-refractivity contribution >= 4 is 5.97 Å². The highest BCUT2D eigenvalue weighted by molar-refractivity contribution is 5.72. The van der Waals surface area contributed by atoms with E-state index in [2.05, 4.69) is 5.48 Å². The average molecular weight is 213 g/mol. The fraction of sp³-hybridized carbons (Fsp3) is 0.909. The van der Waals surface area contributed by atoms with Crippen LogP contribution in [0.1, 0.15) is 32.6 Å². The van der Waals surface area contributed by atoms with Crippen molar-refractivity contribution in [2.24, 2.45) is 17.8 Å². The van der Waals surface area contributed by atoms with E-state index in [4.69, 9.17) is 9.94 Å². The summed E-state index contributed by atoms with van der Waals surface area (Å²) in [5.74, 6) is 0.907. The van der Waals surface area contributed by atoms with Crippen molar-refractivity contribution in [1.82, 2.24) is 5.48 Å². The summed E-state index contributed by atoms with van der Waals surface area (Å²) in [5.41, 5.74) is 2.41. The molecule has 2 atom stereocenters. The van der Waals surface area contributed by atoms with Crippen LogP contribution in [0, 0.1) is 17.8 Å². The van der Waals surface area contributed by atoms with Crippen LogP contribution in [0.4, 0.5) is 0 Å². The van der Waals surface area contributed by atoms with Gasteiger partial charge in [0.2, 0.25) is 0 Å². The molecule has 2 rings (SSSR count). The molecule has 2 aliphatic carbocycles. The van der Waals surface area contributed by atoms with E-state index in [1.54, 1.807) is 0 Å². The Labute approximate surface area is 90.0 Å². The van der Waals surface area contributed by atoms with Crippen LogP contribution in [0.2, 0.25) is 0 Å². The minimum Gasteiger partial charge on any atom is -0.466 e. The molecule has 15 heavy (non-hydrogen) atoms. The molecule has 0 amide bonds. The second-order valence-corrected chi connectivity index (χ2v) is 4.67. The minimum absolute atomic E-state index is 0.0502. The molecule has 0 aromatic rings. The van der Waals surface area contributed by atoms with E-state index in [1.807, 2.05) is 6.92 Å². The molecule has 0 aromatic carbocycles. The van der Waals surface area contributed by atoms with Gasteiger partial charge in [0.05, 0.1) is 12.5 Å². The van der Waals surface area contributed by atoms with Crippen LogP contribution in [0.25, 0.3) is 0 Å². The molecule has 2 bridgehead atoms. The summed E-state index contributed by atoms with van der Waals surface area (Å²) in [6.45, 7) is 2.31. The van der Waals surface area contributed by atoms with Crippen molar-refractivity contribution in [3.63, 3.8) is 0 Å². The molecule has 0 aliphatic heterocycles. The predicted molar refractivity (Wildman–Crippen MR) is 54.3 cm³/mol. The lowest BCUT2D eigenvalue weighted by atomic mass is 9.78. The fourth-order valence-electron chi connectivity index (χ4n) is 3.19. The van der Waals surface area contributed by atoms with E-state index in [0.717, 1.165) is 25.7 Å². The van der Waals surface area contributed by atoms with Crippen LogP contribution in [-0.2, 0) is 9.53 Å². The Morgan fingerprint density at radius 1 is 1.40 bits per heavy atom. The van der Waals surface area contributed by atoms with E-state index >= 15 is 0 Å². The summed E-state index contributed by atoms with van der Waals surface area (Å²) in [5, 5.41) is 9.03. The topological polar surface area (TPSA) is 58.6 Å². The molecule has 4 nitrogen and oxygen atoms in total. The first-order chi connectivity index (χ1) is 7.26. The molecule has 0 aromatic heterocycles. The Balaban J connectivity index is 1.96. The van der Waals surface area contributed by atoms with Crippen molar-refractivity contribution in [2.45, 2.75) is 38.6 Å². The van der Waals surface area contributed by atoms with Gasteiger partial charge in [-0.05, 0) is 44.4 Å².